The second-order valence-corrected chi connectivity index (χ2v) is 9.64. The van der Waals surface area contributed by atoms with E-state index in [1.54, 1.807) is 22.6 Å². The Morgan fingerprint density at radius 1 is 1.19 bits per heavy atom. The molecule has 1 aliphatic heterocycles. The largest absolute Gasteiger partial charge is 0.298 e. The van der Waals surface area contributed by atoms with Crippen molar-refractivity contribution >= 4 is 15.9 Å². The second-order valence-electron chi connectivity index (χ2n) is 8.78. The Balaban J connectivity index is 1.40. The van der Waals surface area contributed by atoms with Crippen LogP contribution in [0.15, 0.2) is 63.7 Å². The third-order valence-corrected chi connectivity index (χ3v) is 7.58. The lowest BCUT2D eigenvalue weighted by Gasteiger charge is -2.51. The molecule has 0 spiro atoms. The monoisotopic (exact) mass is 408 g/mol. The summed E-state index contributed by atoms with van der Waals surface area (Å²) < 4.78 is 1.35. The van der Waals surface area contributed by atoms with E-state index in [-0.39, 0.29) is 0 Å². The van der Waals surface area contributed by atoms with Crippen LogP contribution in [0.3, 0.4) is 0 Å². The molecule has 134 valence electrons. The molecule has 1 saturated heterocycles. The first kappa shape index (κ1) is 16.9. The highest BCUT2D eigenvalue weighted by molar-refractivity contribution is 9.11. The van der Waals surface area contributed by atoms with Crippen LogP contribution in [0.2, 0.25) is 0 Å². The molecule has 1 heterocycles. The maximum absolute atomic E-state index is 3.92. The summed E-state index contributed by atoms with van der Waals surface area (Å²) in [7, 11) is 0. The Bertz CT molecular complexity index is 797. The van der Waals surface area contributed by atoms with Crippen LogP contribution in [0, 0.1) is 17.3 Å². The quantitative estimate of drug-likeness (QED) is 0.527. The number of likely N-dealkylation sites (tertiary alicyclic amines) is 1. The van der Waals surface area contributed by atoms with E-state index in [0.29, 0.717) is 11.3 Å². The Labute approximate surface area is 166 Å². The van der Waals surface area contributed by atoms with Crippen LogP contribution in [0.5, 0.6) is 0 Å². The van der Waals surface area contributed by atoms with Crippen molar-refractivity contribution in [2.75, 3.05) is 13.1 Å². The van der Waals surface area contributed by atoms with Gasteiger partial charge in [0.1, 0.15) is 0 Å². The number of hydrogen-bond acceptors (Lipinski definition) is 1. The minimum absolute atomic E-state index is 0.398. The summed E-state index contributed by atoms with van der Waals surface area (Å²) in [6, 6.07) is 11.0. The summed E-state index contributed by atoms with van der Waals surface area (Å²) >= 11 is 3.92. The third kappa shape index (κ3) is 2.92. The van der Waals surface area contributed by atoms with Crippen molar-refractivity contribution in [1.29, 1.82) is 0 Å². The van der Waals surface area contributed by atoms with E-state index in [4.69, 9.17) is 0 Å². The van der Waals surface area contributed by atoms with E-state index in [9.17, 15) is 0 Å². The number of rotatable bonds is 2. The van der Waals surface area contributed by atoms with Gasteiger partial charge in [0.25, 0.3) is 0 Å². The number of halogens is 1. The van der Waals surface area contributed by atoms with Gasteiger partial charge in [-0.05, 0) is 30.4 Å². The fraction of sp³-hybridized carbons (Fsp3) is 0.458. The zero-order valence-electron chi connectivity index (χ0n) is 15.6. The van der Waals surface area contributed by atoms with E-state index < -0.39 is 0 Å². The molecule has 3 fully saturated rings. The third-order valence-electron chi connectivity index (χ3n) is 6.89. The number of hydrogen-bond donors (Lipinski definition) is 0. The van der Waals surface area contributed by atoms with Gasteiger partial charge >= 0.3 is 0 Å². The SMILES string of the molecule is CC12CC[C+]3C(=C4CC4)C=CC(Br)=C3C1CCN(Cc1ccccc1)C2. The van der Waals surface area contributed by atoms with E-state index in [0.717, 1.165) is 6.54 Å². The van der Waals surface area contributed by atoms with Crippen LogP contribution in [0.25, 0.3) is 0 Å². The van der Waals surface area contributed by atoms with Gasteiger partial charge in [-0.15, -0.1) is 0 Å². The van der Waals surface area contributed by atoms with Gasteiger partial charge in [-0.2, -0.15) is 0 Å². The van der Waals surface area contributed by atoms with E-state index in [2.05, 4.69) is 70.2 Å². The first-order valence-corrected chi connectivity index (χ1v) is 10.9. The van der Waals surface area contributed by atoms with Gasteiger partial charge in [0.05, 0.1) is 15.6 Å². The van der Waals surface area contributed by atoms with Crippen molar-refractivity contribution in [1.82, 2.24) is 4.90 Å². The predicted octanol–water partition coefficient (Wildman–Crippen LogP) is 6.19. The summed E-state index contributed by atoms with van der Waals surface area (Å²) in [5, 5.41) is 0. The molecule has 2 heteroatoms. The molecular weight excluding hydrogens is 382 g/mol. The zero-order chi connectivity index (χ0) is 17.7. The molecule has 1 aromatic carbocycles. The molecule has 4 aliphatic rings. The van der Waals surface area contributed by atoms with Gasteiger partial charge in [-0.3, -0.25) is 4.90 Å². The molecule has 2 atom stereocenters. The fourth-order valence-electron chi connectivity index (χ4n) is 5.44. The molecule has 0 amide bonds. The van der Waals surface area contributed by atoms with Crippen molar-refractivity contribution in [2.24, 2.45) is 11.3 Å². The fourth-order valence-corrected chi connectivity index (χ4v) is 6.09. The first-order valence-electron chi connectivity index (χ1n) is 10.1. The maximum atomic E-state index is 3.92. The van der Waals surface area contributed by atoms with Crippen LogP contribution in [-0.2, 0) is 6.54 Å². The first-order chi connectivity index (χ1) is 12.6. The molecule has 3 aliphatic carbocycles. The normalized spacial score (nSPS) is 31.2. The van der Waals surface area contributed by atoms with E-state index >= 15 is 0 Å². The Morgan fingerprint density at radius 3 is 2.77 bits per heavy atom. The highest BCUT2D eigenvalue weighted by atomic mass is 79.9. The van der Waals surface area contributed by atoms with Gasteiger partial charge < -0.3 is 0 Å². The highest BCUT2D eigenvalue weighted by Gasteiger charge is 2.52. The Hall–Kier alpha value is -1.25. The summed E-state index contributed by atoms with van der Waals surface area (Å²) in [5.74, 6) is 2.37. The van der Waals surface area contributed by atoms with Crippen LogP contribution in [-0.4, -0.2) is 18.0 Å². The van der Waals surface area contributed by atoms with Crippen LogP contribution < -0.4 is 0 Å². The van der Waals surface area contributed by atoms with Crippen molar-refractivity contribution in [3.63, 3.8) is 0 Å². The maximum Gasteiger partial charge on any atom is 0.0990 e. The lowest BCUT2D eigenvalue weighted by molar-refractivity contribution is 0.0359. The molecule has 26 heavy (non-hydrogen) atoms. The summed E-state index contributed by atoms with van der Waals surface area (Å²) in [5.41, 5.74) is 6.78. The Kier molecular flexibility index (Phi) is 4.17. The average Bonchev–Trinajstić information content (AvgIpc) is 3.47. The number of allylic oxidation sites excluding steroid dienone is 6. The lowest BCUT2D eigenvalue weighted by Crippen LogP contribution is -2.50. The van der Waals surface area contributed by atoms with Gasteiger partial charge in [0.15, 0.2) is 0 Å². The topological polar surface area (TPSA) is 3.24 Å². The second kappa shape index (κ2) is 6.42. The molecule has 1 nitrogen and oxygen atoms in total. The van der Waals surface area contributed by atoms with Gasteiger partial charge in [-0.1, -0.05) is 37.3 Å². The summed E-state index contributed by atoms with van der Waals surface area (Å²) in [6.45, 7) is 6.07. The Morgan fingerprint density at radius 2 is 2.00 bits per heavy atom. The molecule has 5 rings (SSSR count). The molecule has 1 aromatic rings. The lowest BCUT2D eigenvalue weighted by atomic mass is 9.57. The molecular formula is C24H27BrN+. The van der Waals surface area contributed by atoms with Crippen LogP contribution in [0.1, 0.15) is 44.6 Å². The summed E-state index contributed by atoms with van der Waals surface area (Å²) in [6.07, 6.45) is 11.2. The van der Waals surface area contributed by atoms with Crippen molar-refractivity contribution in [3.8, 4) is 0 Å². The average molecular weight is 409 g/mol. The van der Waals surface area contributed by atoms with E-state index in [1.165, 1.54) is 55.2 Å². The van der Waals surface area contributed by atoms with Crippen LogP contribution >= 0.6 is 15.9 Å². The van der Waals surface area contributed by atoms with Crippen LogP contribution in [0.4, 0.5) is 0 Å². The van der Waals surface area contributed by atoms with Crippen molar-refractivity contribution < 1.29 is 0 Å². The molecule has 0 radical (unpaired) electrons. The number of piperidine rings is 1. The molecule has 0 bridgehead atoms. The predicted molar refractivity (Wildman–Crippen MR) is 112 cm³/mol. The number of fused-ring (bicyclic) bond motifs is 3. The van der Waals surface area contributed by atoms with Gasteiger partial charge in [0, 0.05) is 77.8 Å². The highest BCUT2D eigenvalue weighted by Crippen LogP contribution is 2.58. The smallest absolute Gasteiger partial charge is 0.0990 e. The standard InChI is InChI=1S/C24H27BrN/c1-24-13-11-20-19(18-7-8-18)9-10-22(25)23(20)21(24)12-14-26(16-24)15-17-5-3-2-4-6-17/h2-6,9-10,21H,7-8,11-16H2,1H3/q+1. The molecule has 2 saturated carbocycles. The molecule has 2 unspecified atom stereocenters. The zero-order valence-corrected chi connectivity index (χ0v) is 17.2. The van der Waals surface area contributed by atoms with Crippen molar-refractivity contribution in [3.05, 3.63) is 75.2 Å². The molecule has 0 aromatic heterocycles. The van der Waals surface area contributed by atoms with Gasteiger partial charge in [0.2, 0.25) is 0 Å². The minimum atomic E-state index is 0.398. The number of benzene rings is 1. The van der Waals surface area contributed by atoms with E-state index in [1.807, 2.05) is 0 Å². The van der Waals surface area contributed by atoms with Crippen molar-refractivity contribution in [2.45, 2.75) is 45.6 Å². The molecule has 0 N–H and O–H groups in total. The minimum Gasteiger partial charge on any atom is -0.298 e. The number of nitrogens with zero attached hydrogens (tertiary/aromatic N) is 1. The van der Waals surface area contributed by atoms with Gasteiger partial charge in [-0.25, -0.2) is 0 Å². The summed E-state index contributed by atoms with van der Waals surface area (Å²) in [4.78, 5) is 2.68.